The predicted octanol–water partition coefficient (Wildman–Crippen LogP) is 9.47. The molecule has 2 heterocycles. The van der Waals surface area contributed by atoms with Gasteiger partial charge in [0, 0.05) is 23.5 Å². The molecule has 0 aliphatic heterocycles. The maximum absolute atomic E-state index is 4.77. The fraction of sp³-hybridized carbons (Fsp3) is 0.200. The minimum atomic E-state index is 0.476. The third kappa shape index (κ3) is 5.70. The highest BCUT2D eigenvalue weighted by Crippen LogP contribution is 2.35. The van der Waals surface area contributed by atoms with Gasteiger partial charge in [-0.3, -0.25) is 9.97 Å². The van der Waals surface area contributed by atoms with E-state index < -0.39 is 0 Å². The Kier molecular flexibility index (Phi) is 7.28. The first kappa shape index (κ1) is 24.6. The van der Waals surface area contributed by atoms with Crippen molar-refractivity contribution in [3.05, 3.63) is 121 Å². The summed E-state index contributed by atoms with van der Waals surface area (Å²) in [5, 5.41) is 0. The highest BCUT2D eigenvalue weighted by Gasteiger charge is 2.11. The summed E-state index contributed by atoms with van der Waals surface area (Å²) < 4.78 is 0. The molecule has 0 amide bonds. The number of hydrogen-bond donors (Lipinski definition) is 0. The van der Waals surface area contributed by atoms with Gasteiger partial charge in [0.2, 0.25) is 0 Å². The normalized spacial score (nSPS) is 11.3. The molecule has 184 valence electrons. The Labute approximate surface area is 221 Å². The number of benzene rings is 3. The lowest BCUT2D eigenvalue weighted by atomic mass is 9.92. The second-order valence-corrected chi connectivity index (χ2v) is 10.5. The zero-order valence-corrected chi connectivity index (χ0v) is 22.1. The molecule has 0 atom stereocenters. The summed E-state index contributed by atoms with van der Waals surface area (Å²) in [6.07, 6.45) is 5.07. The van der Waals surface area contributed by atoms with Crippen molar-refractivity contribution in [3.63, 3.8) is 0 Å². The van der Waals surface area contributed by atoms with Crippen molar-refractivity contribution in [2.24, 2.45) is 5.92 Å². The molecule has 2 aromatic heterocycles. The van der Waals surface area contributed by atoms with Crippen molar-refractivity contribution in [1.82, 2.24) is 9.97 Å². The minimum absolute atomic E-state index is 0.476. The Hall–Kier alpha value is -4.04. The SMILES string of the molecule is CC(C)Cc1ccc(-c2cccc(-c3ccccc3-c3cccc(-c4ccc(C(C)C)cn4)c3)c2)nc1. The summed E-state index contributed by atoms with van der Waals surface area (Å²) >= 11 is 0. The van der Waals surface area contributed by atoms with Crippen molar-refractivity contribution in [1.29, 1.82) is 0 Å². The van der Waals surface area contributed by atoms with Gasteiger partial charge in [-0.05, 0) is 75.9 Å². The molecule has 0 unspecified atom stereocenters. The summed E-state index contributed by atoms with van der Waals surface area (Å²) in [5.41, 5.74) is 11.6. The van der Waals surface area contributed by atoms with Crippen LogP contribution in [0.5, 0.6) is 0 Å². The van der Waals surface area contributed by atoms with Crippen LogP contribution >= 0.6 is 0 Å². The molecule has 0 aliphatic carbocycles. The summed E-state index contributed by atoms with van der Waals surface area (Å²) in [7, 11) is 0. The molecule has 5 aromatic rings. The van der Waals surface area contributed by atoms with E-state index in [2.05, 4.69) is 125 Å². The molecule has 37 heavy (non-hydrogen) atoms. The van der Waals surface area contributed by atoms with E-state index in [0.717, 1.165) is 28.9 Å². The van der Waals surface area contributed by atoms with Crippen LogP contribution in [0.2, 0.25) is 0 Å². The lowest BCUT2D eigenvalue weighted by Gasteiger charge is -2.13. The smallest absolute Gasteiger partial charge is 0.0702 e. The van der Waals surface area contributed by atoms with Gasteiger partial charge in [-0.1, -0.05) is 100 Å². The zero-order chi connectivity index (χ0) is 25.8. The molecule has 2 heteroatoms. The van der Waals surface area contributed by atoms with Crippen molar-refractivity contribution in [2.45, 2.75) is 40.0 Å². The molecule has 0 fully saturated rings. The van der Waals surface area contributed by atoms with Gasteiger partial charge in [0.15, 0.2) is 0 Å². The number of hydrogen-bond acceptors (Lipinski definition) is 2. The van der Waals surface area contributed by atoms with Gasteiger partial charge in [0.25, 0.3) is 0 Å². The van der Waals surface area contributed by atoms with E-state index in [9.17, 15) is 0 Å². The van der Waals surface area contributed by atoms with Gasteiger partial charge in [0.05, 0.1) is 11.4 Å². The largest absolute Gasteiger partial charge is 0.256 e. The van der Waals surface area contributed by atoms with Crippen LogP contribution in [0.4, 0.5) is 0 Å². The third-order valence-electron chi connectivity index (χ3n) is 6.79. The van der Waals surface area contributed by atoms with Gasteiger partial charge in [0.1, 0.15) is 0 Å². The van der Waals surface area contributed by atoms with Crippen LogP contribution in [-0.4, -0.2) is 9.97 Å². The van der Waals surface area contributed by atoms with E-state index >= 15 is 0 Å². The molecule has 0 saturated heterocycles. The monoisotopic (exact) mass is 482 g/mol. The molecule has 0 saturated carbocycles. The maximum Gasteiger partial charge on any atom is 0.0702 e. The molecule has 5 rings (SSSR count). The summed E-state index contributed by atoms with van der Waals surface area (Å²) in [4.78, 5) is 9.52. The fourth-order valence-electron chi connectivity index (χ4n) is 4.78. The van der Waals surface area contributed by atoms with Crippen LogP contribution in [0.15, 0.2) is 109 Å². The van der Waals surface area contributed by atoms with Crippen molar-refractivity contribution in [2.75, 3.05) is 0 Å². The molecule has 0 spiro atoms. The van der Waals surface area contributed by atoms with Crippen LogP contribution in [0.3, 0.4) is 0 Å². The minimum Gasteiger partial charge on any atom is -0.256 e. The Balaban J connectivity index is 1.48. The number of rotatable bonds is 7. The van der Waals surface area contributed by atoms with Crippen molar-refractivity contribution >= 4 is 0 Å². The van der Waals surface area contributed by atoms with Crippen LogP contribution in [-0.2, 0) is 6.42 Å². The number of aromatic nitrogens is 2. The molecule has 0 radical (unpaired) electrons. The molecular weight excluding hydrogens is 448 g/mol. The van der Waals surface area contributed by atoms with E-state index in [1.807, 2.05) is 12.4 Å². The van der Waals surface area contributed by atoms with E-state index in [0.29, 0.717) is 11.8 Å². The van der Waals surface area contributed by atoms with E-state index in [-0.39, 0.29) is 0 Å². The van der Waals surface area contributed by atoms with Gasteiger partial charge in [-0.2, -0.15) is 0 Å². The molecule has 3 aromatic carbocycles. The van der Waals surface area contributed by atoms with Gasteiger partial charge >= 0.3 is 0 Å². The van der Waals surface area contributed by atoms with Crippen LogP contribution in [0, 0.1) is 5.92 Å². The predicted molar refractivity (Wildman–Crippen MR) is 156 cm³/mol. The maximum atomic E-state index is 4.77. The number of nitrogens with zero attached hydrogens (tertiary/aromatic N) is 2. The summed E-state index contributed by atoms with van der Waals surface area (Å²) in [6.45, 7) is 8.87. The van der Waals surface area contributed by atoms with E-state index in [1.54, 1.807) is 0 Å². The molecule has 0 aliphatic rings. The molecule has 0 N–H and O–H groups in total. The lowest BCUT2D eigenvalue weighted by molar-refractivity contribution is 0.646. The average molecular weight is 483 g/mol. The van der Waals surface area contributed by atoms with Gasteiger partial charge < -0.3 is 0 Å². The first-order valence-electron chi connectivity index (χ1n) is 13.2. The molecule has 2 nitrogen and oxygen atoms in total. The summed E-state index contributed by atoms with van der Waals surface area (Å²) in [6, 6.07) is 34.7. The van der Waals surface area contributed by atoms with E-state index in [1.165, 1.54) is 33.4 Å². The Morgan fingerprint density at radius 2 is 1.08 bits per heavy atom. The second-order valence-electron chi connectivity index (χ2n) is 10.5. The molecule has 0 bridgehead atoms. The zero-order valence-electron chi connectivity index (χ0n) is 22.1. The third-order valence-corrected chi connectivity index (χ3v) is 6.79. The topological polar surface area (TPSA) is 25.8 Å². The van der Waals surface area contributed by atoms with Crippen LogP contribution < -0.4 is 0 Å². The highest BCUT2D eigenvalue weighted by atomic mass is 14.7. The van der Waals surface area contributed by atoms with Crippen molar-refractivity contribution < 1.29 is 0 Å². The highest BCUT2D eigenvalue weighted by molar-refractivity contribution is 5.86. The second kappa shape index (κ2) is 10.9. The first-order valence-corrected chi connectivity index (χ1v) is 13.2. The van der Waals surface area contributed by atoms with Crippen LogP contribution in [0.1, 0.15) is 44.7 Å². The Bertz CT molecular complexity index is 1480. The van der Waals surface area contributed by atoms with Crippen molar-refractivity contribution in [3.8, 4) is 44.8 Å². The van der Waals surface area contributed by atoms with Gasteiger partial charge in [-0.15, -0.1) is 0 Å². The van der Waals surface area contributed by atoms with Gasteiger partial charge in [-0.25, -0.2) is 0 Å². The number of pyridine rings is 2. The Morgan fingerprint density at radius 3 is 1.54 bits per heavy atom. The lowest BCUT2D eigenvalue weighted by Crippen LogP contribution is -1.95. The molecular formula is C35H34N2. The summed E-state index contributed by atoms with van der Waals surface area (Å²) in [5.74, 6) is 1.10. The van der Waals surface area contributed by atoms with E-state index in [4.69, 9.17) is 9.97 Å². The Morgan fingerprint density at radius 1 is 0.541 bits per heavy atom. The fourth-order valence-corrected chi connectivity index (χ4v) is 4.78. The first-order chi connectivity index (χ1) is 18.0. The van der Waals surface area contributed by atoms with Crippen LogP contribution in [0.25, 0.3) is 44.8 Å². The quantitative estimate of drug-likeness (QED) is 0.231. The average Bonchev–Trinajstić information content (AvgIpc) is 2.93. The standard InChI is InChI=1S/C35H34N2/c1-24(2)19-26-15-17-34(36-22-26)29-11-7-9-27(20-29)32-13-5-6-14-33(32)28-10-8-12-30(21-28)35-18-16-31(23-37-35)25(3)4/h5-18,20-25H,19H2,1-4H3.